The lowest BCUT2D eigenvalue weighted by atomic mass is 10.3. The van der Waals surface area contributed by atoms with Crippen molar-refractivity contribution in [1.29, 1.82) is 5.26 Å². The van der Waals surface area contributed by atoms with E-state index in [4.69, 9.17) is 15.7 Å². The number of nitrogen functional groups attached to an aromatic ring is 1. The number of anilines is 1. The zero-order valence-corrected chi connectivity index (χ0v) is 10.6. The Balaban J connectivity index is 2.84. The largest absolute Gasteiger partial charge is 0.396 e. The average Bonchev–Trinajstić information content (AvgIpc) is 2.68. The van der Waals surface area contributed by atoms with Crippen LogP contribution in [-0.4, -0.2) is 47.4 Å². The summed E-state index contributed by atoms with van der Waals surface area (Å²) in [5.74, 6) is -0.236. The highest BCUT2D eigenvalue weighted by atomic mass is 16.5. The number of nitriles is 1. The molecule has 0 bridgehead atoms. The Hall–Kier alpha value is -2.07. The Morgan fingerprint density at radius 2 is 2.39 bits per heavy atom. The van der Waals surface area contributed by atoms with Crippen LogP contribution in [0.25, 0.3) is 0 Å². The summed E-state index contributed by atoms with van der Waals surface area (Å²) in [5, 5.41) is 12.5. The second-order valence-electron chi connectivity index (χ2n) is 3.77. The first kappa shape index (κ1) is 14.0. The molecular weight excluding hydrogens is 234 g/mol. The Morgan fingerprint density at radius 1 is 1.67 bits per heavy atom. The normalized spacial score (nSPS) is 10.1. The molecule has 98 valence electrons. The molecule has 1 amide bonds. The second kappa shape index (κ2) is 6.61. The van der Waals surface area contributed by atoms with Gasteiger partial charge in [-0.25, -0.2) is 0 Å². The summed E-state index contributed by atoms with van der Waals surface area (Å²) in [6, 6.07) is 2.02. The third-order valence-electron chi connectivity index (χ3n) is 2.52. The Morgan fingerprint density at radius 3 is 2.89 bits per heavy atom. The molecule has 0 spiro atoms. The molecular formula is C11H17N5O2. The standard InChI is InChI=1S/C11H17N5O2/c1-15-10(9(13)8-14-15)11(17)16(5-3-4-12)6-7-18-2/h8H,3,5-7,13H2,1-2H3. The molecule has 0 saturated heterocycles. The molecule has 0 fully saturated rings. The number of methoxy groups -OCH3 is 1. The minimum Gasteiger partial charge on any atom is -0.396 e. The van der Waals surface area contributed by atoms with E-state index in [1.165, 1.54) is 10.9 Å². The summed E-state index contributed by atoms with van der Waals surface area (Å²) >= 11 is 0. The van der Waals surface area contributed by atoms with E-state index in [0.29, 0.717) is 31.1 Å². The number of carbonyl (C=O) groups is 1. The van der Waals surface area contributed by atoms with Gasteiger partial charge in [0.1, 0.15) is 5.69 Å². The molecule has 0 unspecified atom stereocenters. The van der Waals surface area contributed by atoms with Crippen LogP contribution in [0.4, 0.5) is 5.69 Å². The van der Waals surface area contributed by atoms with Gasteiger partial charge in [-0.1, -0.05) is 0 Å². The van der Waals surface area contributed by atoms with Gasteiger partial charge in [0.25, 0.3) is 5.91 Å². The van der Waals surface area contributed by atoms with Gasteiger partial charge in [0.2, 0.25) is 0 Å². The number of ether oxygens (including phenoxy) is 1. The van der Waals surface area contributed by atoms with Gasteiger partial charge in [0.15, 0.2) is 0 Å². The lowest BCUT2D eigenvalue weighted by Crippen LogP contribution is -2.36. The third-order valence-corrected chi connectivity index (χ3v) is 2.52. The Labute approximate surface area is 106 Å². The van der Waals surface area contributed by atoms with Gasteiger partial charge in [0, 0.05) is 27.2 Å². The van der Waals surface area contributed by atoms with E-state index >= 15 is 0 Å². The van der Waals surface area contributed by atoms with Crippen LogP contribution < -0.4 is 5.73 Å². The van der Waals surface area contributed by atoms with Gasteiger partial charge in [0.05, 0.1) is 31.0 Å². The molecule has 0 aliphatic rings. The van der Waals surface area contributed by atoms with Crippen molar-refractivity contribution in [3.63, 3.8) is 0 Å². The first-order valence-electron chi connectivity index (χ1n) is 5.54. The molecule has 1 heterocycles. The number of carbonyl (C=O) groups excluding carboxylic acids is 1. The monoisotopic (exact) mass is 251 g/mol. The number of hydrogen-bond donors (Lipinski definition) is 1. The van der Waals surface area contributed by atoms with Crippen LogP contribution in [-0.2, 0) is 11.8 Å². The number of hydrogen-bond acceptors (Lipinski definition) is 5. The highest BCUT2D eigenvalue weighted by Gasteiger charge is 2.21. The minimum absolute atomic E-state index is 0.236. The summed E-state index contributed by atoms with van der Waals surface area (Å²) in [5.41, 5.74) is 6.38. The van der Waals surface area contributed by atoms with Crippen molar-refractivity contribution in [2.75, 3.05) is 32.5 Å². The number of aromatic nitrogens is 2. The number of amides is 1. The second-order valence-corrected chi connectivity index (χ2v) is 3.77. The van der Waals surface area contributed by atoms with E-state index in [-0.39, 0.29) is 12.3 Å². The van der Waals surface area contributed by atoms with Gasteiger partial charge >= 0.3 is 0 Å². The van der Waals surface area contributed by atoms with Crippen LogP contribution in [0.3, 0.4) is 0 Å². The third kappa shape index (κ3) is 3.21. The molecule has 7 heteroatoms. The number of nitrogens with zero attached hydrogens (tertiary/aromatic N) is 4. The molecule has 0 aromatic carbocycles. The van der Waals surface area contributed by atoms with Crippen LogP contribution in [0.1, 0.15) is 16.9 Å². The quantitative estimate of drug-likeness (QED) is 0.767. The summed E-state index contributed by atoms with van der Waals surface area (Å²) < 4.78 is 6.38. The van der Waals surface area contributed by atoms with Crippen molar-refractivity contribution in [1.82, 2.24) is 14.7 Å². The molecule has 0 atom stereocenters. The van der Waals surface area contributed by atoms with E-state index in [9.17, 15) is 4.79 Å². The van der Waals surface area contributed by atoms with E-state index < -0.39 is 0 Å². The summed E-state index contributed by atoms with van der Waals surface area (Å²) in [6.45, 7) is 1.18. The maximum Gasteiger partial charge on any atom is 0.274 e. The molecule has 1 aromatic rings. The number of rotatable bonds is 6. The fourth-order valence-corrected chi connectivity index (χ4v) is 1.57. The minimum atomic E-state index is -0.236. The number of nitrogens with two attached hydrogens (primary N) is 1. The van der Waals surface area contributed by atoms with E-state index in [1.54, 1.807) is 19.1 Å². The SMILES string of the molecule is COCCN(CCC#N)C(=O)c1c(N)cnn1C. The van der Waals surface area contributed by atoms with E-state index in [1.807, 2.05) is 6.07 Å². The molecule has 1 rings (SSSR count). The topological polar surface area (TPSA) is 97.2 Å². The first-order valence-corrected chi connectivity index (χ1v) is 5.54. The van der Waals surface area contributed by atoms with Crippen LogP contribution in [0.15, 0.2) is 6.20 Å². The van der Waals surface area contributed by atoms with Crippen LogP contribution in [0.2, 0.25) is 0 Å². The van der Waals surface area contributed by atoms with Gasteiger partial charge in [-0.05, 0) is 0 Å². The molecule has 0 radical (unpaired) electrons. The summed E-state index contributed by atoms with van der Waals surface area (Å²) in [6.07, 6.45) is 1.71. The molecule has 2 N–H and O–H groups in total. The van der Waals surface area contributed by atoms with Crippen LogP contribution in [0, 0.1) is 11.3 Å². The Bertz CT molecular complexity index is 429. The molecule has 18 heavy (non-hydrogen) atoms. The van der Waals surface area contributed by atoms with Crippen molar-refractivity contribution in [2.24, 2.45) is 7.05 Å². The van der Waals surface area contributed by atoms with Gasteiger partial charge in [-0.3, -0.25) is 9.48 Å². The zero-order chi connectivity index (χ0) is 13.5. The average molecular weight is 251 g/mol. The van der Waals surface area contributed by atoms with E-state index in [2.05, 4.69) is 5.10 Å². The predicted octanol–water partition coefficient (Wildman–Crippen LogP) is 0.00458. The van der Waals surface area contributed by atoms with Crippen LogP contribution >= 0.6 is 0 Å². The highest BCUT2D eigenvalue weighted by Crippen LogP contribution is 2.12. The lowest BCUT2D eigenvalue weighted by molar-refractivity contribution is 0.0690. The summed E-state index contributed by atoms with van der Waals surface area (Å²) in [7, 11) is 3.22. The van der Waals surface area contributed by atoms with Crippen molar-refractivity contribution in [3.05, 3.63) is 11.9 Å². The molecule has 0 saturated carbocycles. The van der Waals surface area contributed by atoms with Crippen molar-refractivity contribution >= 4 is 11.6 Å². The van der Waals surface area contributed by atoms with Crippen LogP contribution in [0.5, 0.6) is 0 Å². The molecule has 7 nitrogen and oxygen atoms in total. The van der Waals surface area contributed by atoms with Crippen molar-refractivity contribution < 1.29 is 9.53 Å². The molecule has 0 aliphatic heterocycles. The van der Waals surface area contributed by atoms with Gasteiger partial charge in [-0.2, -0.15) is 10.4 Å². The first-order chi connectivity index (χ1) is 8.61. The summed E-state index contributed by atoms with van der Waals surface area (Å²) in [4.78, 5) is 13.8. The molecule has 1 aromatic heterocycles. The molecule has 0 aliphatic carbocycles. The smallest absolute Gasteiger partial charge is 0.274 e. The highest BCUT2D eigenvalue weighted by molar-refractivity contribution is 5.97. The fourth-order valence-electron chi connectivity index (χ4n) is 1.57. The van der Waals surface area contributed by atoms with E-state index in [0.717, 1.165) is 0 Å². The lowest BCUT2D eigenvalue weighted by Gasteiger charge is -2.21. The number of aryl methyl sites for hydroxylation is 1. The Kier molecular flexibility index (Phi) is 5.14. The maximum absolute atomic E-state index is 12.3. The van der Waals surface area contributed by atoms with Gasteiger partial charge < -0.3 is 15.4 Å². The maximum atomic E-state index is 12.3. The predicted molar refractivity (Wildman–Crippen MR) is 65.6 cm³/mol. The van der Waals surface area contributed by atoms with Crippen molar-refractivity contribution in [2.45, 2.75) is 6.42 Å². The van der Waals surface area contributed by atoms with Crippen molar-refractivity contribution in [3.8, 4) is 6.07 Å². The van der Waals surface area contributed by atoms with Gasteiger partial charge in [-0.15, -0.1) is 0 Å². The fraction of sp³-hybridized carbons (Fsp3) is 0.545. The zero-order valence-electron chi connectivity index (χ0n) is 10.6.